The molecule has 4 heterocycles. The van der Waals surface area contributed by atoms with Crippen molar-refractivity contribution in [1.82, 2.24) is 0 Å². The van der Waals surface area contributed by atoms with Crippen LogP contribution in [0.25, 0.3) is 0 Å². The maximum atomic E-state index is 6.03. The third kappa shape index (κ3) is 2.02. The summed E-state index contributed by atoms with van der Waals surface area (Å²) in [7, 11) is 0. The highest BCUT2D eigenvalue weighted by molar-refractivity contribution is 5.04. The normalized spacial score (nSPS) is 53.7. The number of hydrogen-bond acceptors (Lipinski definition) is 6. The fourth-order valence-corrected chi connectivity index (χ4v) is 3.16. The van der Waals surface area contributed by atoms with Crippen molar-refractivity contribution in [3.8, 4) is 0 Å². The minimum atomic E-state index is -0.624. The van der Waals surface area contributed by atoms with Crippen LogP contribution in [0, 0.1) is 0 Å². The summed E-state index contributed by atoms with van der Waals surface area (Å²) in [5.41, 5.74) is 0. The van der Waals surface area contributed by atoms with Crippen molar-refractivity contribution in [2.45, 2.75) is 76.1 Å². The standard InChI is InChI=1S/C13H20O6/c1-12(2)14-5-6-7(17-12)8-9(10-11(15-6)16-10)19-13(3,4)18-8/h6-11H,5H2,1-4H3/t6?,7-,8-,9?,10?,11+/m0/s1. The lowest BCUT2D eigenvalue weighted by Gasteiger charge is -2.42. The van der Waals surface area contributed by atoms with E-state index < -0.39 is 11.6 Å². The molecular formula is C13H20O6. The van der Waals surface area contributed by atoms with Crippen molar-refractivity contribution >= 4 is 0 Å². The van der Waals surface area contributed by atoms with Crippen LogP contribution in [0.15, 0.2) is 0 Å². The third-order valence-corrected chi connectivity index (χ3v) is 3.98. The van der Waals surface area contributed by atoms with Gasteiger partial charge in [0.15, 0.2) is 17.9 Å². The zero-order valence-electron chi connectivity index (χ0n) is 11.6. The summed E-state index contributed by atoms with van der Waals surface area (Å²) in [5, 5.41) is 0. The van der Waals surface area contributed by atoms with Gasteiger partial charge >= 0.3 is 0 Å². The first-order valence-electron chi connectivity index (χ1n) is 6.83. The van der Waals surface area contributed by atoms with Crippen LogP contribution in [0.4, 0.5) is 0 Å². The zero-order chi connectivity index (χ0) is 13.4. The average Bonchev–Trinajstić information content (AvgIpc) is 2.98. The van der Waals surface area contributed by atoms with E-state index in [1.54, 1.807) is 0 Å². The molecule has 4 aliphatic rings. The van der Waals surface area contributed by atoms with Crippen LogP contribution in [0.3, 0.4) is 0 Å². The van der Waals surface area contributed by atoms with E-state index in [-0.39, 0.29) is 36.8 Å². The van der Waals surface area contributed by atoms with Crippen molar-refractivity contribution < 1.29 is 28.4 Å². The molecule has 4 rings (SSSR count). The molecule has 4 saturated heterocycles. The van der Waals surface area contributed by atoms with Gasteiger partial charge in [-0.25, -0.2) is 0 Å². The van der Waals surface area contributed by atoms with Crippen molar-refractivity contribution in [1.29, 1.82) is 0 Å². The van der Waals surface area contributed by atoms with Gasteiger partial charge in [-0.3, -0.25) is 0 Å². The second-order valence-corrected chi connectivity index (χ2v) is 6.50. The molecule has 0 radical (unpaired) electrons. The SMILES string of the molecule is CC1(C)OC2C3O[C@H]3OC3COC(C)(C)O[C@@H]3[C@@H]2O1. The lowest BCUT2D eigenvalue weighted by atomic mass is 10.0. The molecule has 6 heteroatoms. The van der Waals surface area contributed by atoms with Crippen LogP contribution in [0.2, 0.25) is 0 Å². The summed E-state index contributed by atoms with van der Waals surface area (Å²) in [5.74, 6) is -1.24. The van der Waals surface area contributed by atoms with Crippen LogP contribution >= 0.6 is 0 Å². The lowest BCUT2D eigenvalue weighted by molar-refractivity contribution is -0.330. The predicted molar refractivity (Wildman–Crippen MR) is 62.3 cm³/mol. The molecule has 0 aromatic carbocycles. The van der Waals surface area contributed by atoms with Crippen LogP contribution < -0.4 is 0 Å². The van der Waals surface area contributed by atoms with Crippen molar-refractivity contribution in [2.24, 2.45) is 0 Å². The molecule has 0 saturated carbocycles. The van der Waals surface area contributed by atoms with Gasteiger partial charge in [0.1, 0.15) is 30.5 Å². The van der Waals surface area contributed by atoms with E-state index in [2.05, 4.69) is 0 Å². The quantitative estimate of drug-likeness (QED) is 0.607. The molecule has 19 heavy (non-hydrogen) atoms. The van der Waals surface area contributed by atoms with Gasteiger partial charge in [0.25, 0.3) is 0 Å². The van der Waals surface area contributed by atoms with Gasteiger partial charge in [-0.1, -0.05) is 0 Å². The highest BCUT2D eigenvalue weighted by Gasteiger charge is 2.64. The Balaban J connectivity index is 1.64. The smallest absolute Gasteiger partial charge is 0.187 e. The number of rotatable bonds is 0. The van der Waals surface area contributed by atoms with Crippen LogP contribution in [-0.2, 0) is 28.4 Å². The van der Waals surface area contributed by atoms with E-state index in [0.29, 0.717) is 6.61 Å². The van der Waals surface area contributed by atoms with E-state index in [9.17, 15) is 0 Å². The summed E-state index contributed by atoms with van der Waals surface area (Å²) < 4.78 is 35.1. The fraction of sp³-hybridized carbons (Fsp3) is 1.00. The molecular weight excluding hydrogens is 252 g/mol. The van der Waals surface area contributed by atoms with E-state index in [1.807, 2.05) is 27.7 Å². The summed E-state index contributed by atoms with van der Waals surface area (Å²) in [4.78, 5) is 0. The third-order valence-electron chi connectivity index (χ3n) is 3.98. The van der Waals surface area contributed by atoms with Crippen molar-refractivity contribution in [2.75, 3.05) is 6.61 Å². The number of epoxide rings is 1. The molecule has 4 fully saturated rings. The lowest BCUT2D eigenvalue weighted by Crippen LogP contribution is -2.56. The monoisotopic (exact) mass is 272 g/mol. The largest absolute Gasteiger partial charge is 0.348 e. The Morgan fingerprint density at radius 2 is 1.37 bits per heavy atom. The Morgan fingerprint density at radius 1 is 0.737 bits per heavy atom. The maximum absolute atomic E-state index is 6.03. The molecule has 3 unspecified atom stereocenters. The maximum Gasteiger partial charge on any atom is 0.187 e. The Labute approximate surface area is 112 Å². The van der Waals surface area contributed by atoms with Gasteiger partial charge in [-0.2, -0.15) is 0 Å². The van der Waals surface area contributed by atoms with Gasteiger partial charge in [0.2, 0.25) is 0 Å². The van der Waals surface area contributed by atoms with Crippen LogP contribution in [0.5, 0.6) is 0 Å². The van der Waals surface area contributed by atoms with Gasteiger partial charge in [0, 0.05) is 0 Å². The highest BCUT2D eigenvalue weighted by atomic mass is 16.8. The predicted octanol–water partition coefficient (Wildman–Crippen LogP) is 0.782. The van der Waals surface area contributed by atoms with E-state index in [4.69, 9.17) is 28.4 Å². The minimum Gasteiger partial charge on any atom is -0.348 e. The molecule has 0 amide bonds. The molecule has 0 N–H and O–H groups in total. The topological polar surface area (TPSA) is 58.7 Å². The van der Waals surface area contributed by atoms with E-state index >= 15 is 0 Å². The summed E-state index contributed by atoms with van der Waals surface area (Å²) in [6, 6.07) is 0. The number of ether oxygens (including phenoxy) is 6. The molecule has 4 aliphatic heterocycles. The molecule has 0 aromatic heterocycles. The second kappa shape index (κ2) is 3.69. The first-order chi connectivity index (χ1) is 8.85. The number of hydrogen-bond donors (Lipinski definition) is 0. The average molecular weight is 272 g/mol. The molecule has 0 spiro atoms. The summed E-state index contributed by atoms with van der Waals surface area (Å²) >= 11 is 0. The molecule has 6 nitrogen and oxygen atoms in total. The van der Waals surface area contributed by atoms with E-state index in [1.165, 1.54) is 0 Å². The Morgan fingerprint density at radius 3 is 2.11 bits per heavy atom. The van der Waals surface area contributed by atoms with Gasteiger partial charge in [0.05, 0.1) is 6.61 Å². The van der Waals surface area contributed by atoms with Gasteiger partial charge in [-0.05, 0) is 27.7 Å². The molecule has 0 aromatic rings. The second-order valence-electron chi connectivity index (χ2n) is 6.50. The van der Waals surface area contributed by atoms with Crippen molar-refractivity contribution in [3.63, 3.8) is 0 Å². The van der Waals surface area contributed by atoms with Crippen LogP contribution in [-0.4, -0.2) is 55.0 Å². The Bertz CT molecular complexity index is 395. The Kier molecular flexibility index (Phi) is 2.43. The summed E-state index contributed by atoms with van der Waals surface area (Å²) in [6.07, 6.45) is -0.940. The molecule has 0 aliphatic carbocycles. The zero-order valence-corrected chi connectivity index (χ0v) is 11.6. The van der Waals surface area contributed by atoms with Gasteiger partial charge in [-0.15, -0.1) is 0 Å². The molecule has 6 atom stereocenters. The van der Waals surface area contributed by atoms with E-state index in [0.717, 1.165) is 0 Å². The highest BCUT2D eigenvalue weighted by Crippen LogP contribution is 2.46. The minimum absolute atomic E-state index is 0.0518. The number of fused-ring (bicyclic) bond motifs is 5. The molecule has 108 valence electrons. The Hall–Kier alpha value is -0.240. The fourth-order valence-electron chi connectivity index (χ4n) is 3.16. The first-order valence-corrected chi connectivity index (χ1v) is 6.83. The molecule has 0 bridgehead atoms. The van der Waals surface area contributed by atoms with Crippen molar-refractivity contribution in [3.05, 3.63) is 0 Å². The summed E-state index contributed by atoms with van der Waals surface area (Å²) in [6.45, 7) is 8.12. The van der Waals surface area contributed by atoms with Gasteiger partial charge < -0.3 is 28.4 Å². The first kappa shape index (κ1) is 12.5. The van der Waals surface area contributed by atoms with Crippen LogP contribution in [0.1, 0.15) is 27.7 Å².